The first-order valence-electron chi connectivity index (χ1n) is 3.11. The fourth-order valence-corrected chi connectivity index (χ4v) is 0.684. The van der Waals surface area contributed by atoms with Crippen LogP contribution in [0.2, 0.25) is 0 Å². The molecule has 0 aromatic rings. The molecule has 16 heavy (non-hydrogen) atoms. The van der Waals surface area contributed by atoms with Crippen LogP contribution in [0.3, 0.4) is 0 Å². The number of hydrogen-bond acceptors (Lipinski definition) is 7. The SMILES string of the molecule is O=C([O-])CC(O)(CC(=O)[O-])C(=O)[O-].[Fe+2].[Sn+4].[Tc+4]. The minimum atomic E-state index is -2.97. The largest absolute Gasteiger partial charge is 4.00 e. The summed E-state index contributed by atoms with van der Waals surface area (Å²) in [4.78, 5) is 30.0. The smallest absolute Gasteiger partial charge is 0.550 e. The first-order chi connectivity index (χ1) is 5.78. The second kappa shape index (κ2) is 10.5. The Morgan fingerprint density at radius 2 is 1.25 bits per heavy atom. The average Bonchev–Trinajstić information content (AvgIpc) is 1.82. The van der Waals surface area contributed by atoms with E-state index in [1.54, 1.807) is 0 Å². The van der Waals surface area contributed by atoms with Gasteiger partial charge in [0.2, 0.25) is 0 Å². The van der Waals surface area contributed by atoms with Crippen LogP contribution < -0.4 is 15.3 Å². The van der Waals surface area contributed by atoms with Crippen molar-refractivity contribution in [3.63, 3.8) is 0 Å². The molecule has 1 N–H and O–H groups in total. The van der Waals surface area contributed by atoms with E-state index in [4.69, 9.17) is 5.11 Å². The van der Waals surface area contributed by atoms with Gasteiger partial charge in [-0.2, -0.15) is 0 Å². The summed E-state index contributed by atoms with van der Waals surface area (Å²) in [5.74, 6) is -5.98. The molecule has 0 amide bonds. The van der Waals surface area contributed by atoms with Crippen LogP contribution in [0.25, 0.3) is 0 Å². The van der Waals surface area contributed by atoms with E-state index in [1.807, 2.05) is 0 Å². The molecule has 0 atom stereocenters. The third-order valence-electron chi connectivity index (χ3n) is 1.25. The molecular weight excluding hydrogens is 457 g/mol. The Balaban J connectivity index is -0.000000240. The normalized spacial score (nSPS) is 8.81. The number of rotatable bonds is 5. The molecule has 0 saturated heterocycles. The van der Waals surface area contributed by atoms with Crippen LogP contribution in [0.4, 0.5) is 0 Å². The number of carbonyl (C=O) groups excluding carboxylic acids is 3. The van der Waals surface area contributed by atoms with E-state index in [2.05, 4.69) is 0 Å². The van der Waals surface area contributed by atoms with Crippen molar-refractivity contribution in [2.75, 3.05) is 0 Å². The Kier molecular flexibility index (Phi) is 16.6. The Morgan fingerprint density at radius 3 is 1.38 bits per heavy atom. The van der Waals surface area contributed by atoms with Gasteiger partial charge in [0.15, 0.2) is 0 Å². The van der Waals surface area contributed by atoms with Gasteiger partial charge in [0.1, 0.15) is 5.60 Å². The topological polar surface area (TPSA) is 141 Å². The summed E-state index contributed by atoms with van der Waals surface area (Å²) >= 11 is 0. The van der Waals surface area contributed by atoms with Gasteiger partial charge in [-0.05, 0) is 0 Å². The predicted octanol–water partition coefficient (Wildman–Crippen LogP) is -5.64. The van der Waals surface area contributed by atoms with Crippen LogP contribution in [0.1, 0.15) is 12.8 Å². The van der Waals surface area contributed by atoms with Crippen molar-refractivity contribution in [1.29, 1.82) is 0 Å². The minimum Gasteiger partial charge on any atom is -0.550 e. The third kappa shape index (κ3) is 9.56. The second-order valence-corrected chi connectivity index (χ2v) is 2.42. The maximum Gasteiger partial charge on any atom is 4.00 e. The number of aliphatic hydroxyl groups is 1. The van der Waals surface area contributed by atoms with Gasteiger partial charge in [-0.25, -0.2) is 0 Å². The van der Waals surface area contributed by atoms with Gasteiger partial charge in [-0.3, -0.25) is 0 Å². The van der Waals surface area contributed by atoms with Gasteiger partial charge in [0, 0.05) is 24.8 Å². The molecule has 0 aliphatic heterocycles. The molecule has 10 heteroatoms. The molecule has 0 aromatic carbocycles. The summed E-state index contributed by atoms with van der Waals surface area (Å²) in [6, 6.07) is 0. The molecule has 0 spiro atoms. The van der Waals surface area contributed by atoms with Crippen LogP contribution in [-0.4, -0.2) is 52.5 Å². The van der Waals surface area contributed by atoms with Gasteiger partial charge in [0.25, 0.3) is 0 Å². The molecule has 0 aromatic heterocycles. The molecule has 0 aliphatic carbocycles. The fourth-order valence-electron chi connectivity index (χ4n) is 0.684. The molecule has 0 unspecified atom stereocenters. The van der Waals surface area contributed by atoms with Crippen molar-refractivity contribution in [3.05, 3.63) is 0 Å². The standard InChI is InChI=1S/C6H8O7.Fe.Sn.Tc/c7-3(8)1-6(13,5(11)12)2-4(9)10;;;/h13H,1-2H2,(H,7,8)(H,9,10)(H,11,12);;;/q;+2;2*+4/p-3. The Morgan fingerprint density at radius 1 is 1.00 bits per heavy atom. The molecule has 0 rings (SSSR count). The van der Waals surface area contributed by atoms with E-state index < -0.39 is 36.4 Å². The zero-order valence-electron chi connectivity index (χ0n) is 7.54. The predicted molar refractivity (Wildman–Crippen MR) is 35.0 cm³/mol. The molecule has 1 radical (unpaired) electrons. The van der Waals surface area contributed by atoms with Crippen molar-refractivity contribution in [2.24, 2.45) is 0 Å². The molecule has 0 heterocycles. The van der Waals surface area contributed by atoms with Gasteiger partial charge >= 0.3 is 61.1 Å². The molecule has 7 nitrogen and oxygen atoms in total. The second-order valence-electron chi connectivity index (χ2n) is 2.42. The van der Waals surface area contributed by atoms with Crippen LogP contribution in [-0.2, 0) is 51.6 Å². The molecule has 0 fully saturated rings. The molecule has 0 bridgehead atoms. The first-order valence-corrected chi connectivity index (χ1v) is 3.11. The van der Waals surface area contributed by atoms with E-state index >= 15 is 0 Å². The van der Waals surface area contributed by atoms with Crippen LogP contribution in [0.5, 0.6) is 0 Å². The zero-order chi connectivity index (χ0) is 10.6. The molecule has 0 saturated carbocycles. The summed E-state index contributed by atoms with van der Waals surface area (Å²) in [6.07, 6.45) is -2.72. The number of carbonyl (C=O) groups is 3. The number of carboxylic acid groups (broad SMARTS) is 3. The summed E-state index contributed by atoms with van der Waals surface area (Å²) < 4.78 is 0. The maximum atomic E-state index is 10.1. The molecular formula is C6H5FeO7SnTc+7. The molecule has 0 aliphatic rings. The summed E-state index contributed by atoms with van der Waals surface area (Å²) in [5, 5.41) is 38.9. The Labute approximate surface area is 131 Å². The quantitative estimate of drug-likeness (QED) is 0.402. The van der Waals surface area contributed by atoms with Crippen molar-refractivity contribution >= 4 is 41.8 Å². The third-order valence-corrected chi connectivity index (χ3v) is 1.25. The number of hydrogen-bond donors (Lipinski definition) is 1. The number of aliphatic carboxylic acids is 3. The van der Waals surface area contributed by atoms with Crippen LogP contribution >= 0.6 is 0 Å². The van der Waals surface area contributed by atoms with E-state index in [1.165, 1.54) is 0 Å². The van der Waals surface area contributed by atoms with Crippen molar-refractivity contribution in [2.45, 2.75) is 18.4 Å². The first kappa shape index (κ1) is 25.2. The van der Waals surface area contributed by atoms with Crippen molar-refractivity contribution in [1.82, 2.24) is 0 Å². The Hall–Kier alpha value is 0.338. The minimum absolute atomic E-state index is 0. The maximum absolute atomic E-state index is 10.1. The van der Waals surface area contributed by atoms with Gasteiger partial charge in [0.05, 0.1) is 5.97 Å². The number of carboxylic acids is 3. The zero-order valence-corrected chi connectivity index (χ0v) is 13.4. The van der Waals surface area contributed by atoms with E-state index in [-0.39, 0.29) is 61.1 Å². The van der Waals surface area contributed by atoms with Gasteiger partial charge in [-0.15, -0.1) is 0 Å². The molecule has 83 valence electrons. The van der Waals surface area contributed by atoms with E-state index in [0.29, 0.717) is 0 Å². The van der Waals surface area contributed by atoms with Crippen molar-refractivity contribution < 1.29 is 72.0 Å². The fraction of sp³-hybridized carbons (Fsp3) is 0.500. The monoisotopic (exact) mass is 462 g/mol. The van der Waals surface area contributed by atoms with Crippen LogP contribution in [0.15, 0.2) is 0 Å². The van der Waals surface area contributed by atoms with Crippen molar-refractivity contribution in [3.8, 4) is 0 Å². The average molecular weight is 462 g/mol. The van der Waals surface area contributed by atoms with Crippen LogP contribution in [0, 0.1) is 0 Å². The Bertz CT molecular complexity index is 243. The van der Waals surface area contributed by atoms with E-state index in [0.717, 1.165) is 0 Å². The summed E-state index contributed by atoms with van der Waals surface area (Å²) in [6.45, 7) is 0. The van der Waals surface area contributed by atoms with Gasteiger partial charge < -0.3 is 34.8 Å². The van der Waals surface area contributed by atoms with Gasteiger partial charge in [-0.1, -0.05) is 0 Å². The van der Waals surface area contributed by atoms with E-state index in [9.17, 15) is 29.7 Å². The summed E-state index contributed by atoms with van der Waals surface area (Å²) in [5.41, 5.74) is -2.97. The summed E-state index contributed by atoms with van der Waals surface area (Å²) in [7, 11) is 0.